The number of aryl methyl sites for hydroxylation is 1. The quantitative estimate of drug-likeness (QED) is 0.821. The second kappa shape index (κ2) is 5.84. The summed E-state index contributed by atoms with van der Waals surface area (Å²) >= 11 is 3.45. The van der Waals surface area contributed by atoms with Crippen molar-refractivity contribution in [1.82, 2.24) is 5.32 Å². The van der Waals surface area contributed by atoms with E-state index in [1.807, 2.05) is 12.1 Å². The van der Waals surface area contributed by atoms with Crippen LogP contribution in [-0.2, 0) is 6.42 Å². The second-order valence-electron chi connectivity index (χ2n) is 4.18. The summed E-state index contributed by atoms with van der Waals surface area (Å²) in [4.78, 5) is 0. The molecular formula is C12H13BrF3NS. The summed E-state index contributed by atoms with van der Waals surface area (Å²) < 4.78 is 37.0. The van der Waals surface area contributed by atoms with Crippen molar-refractivity contribution in [2.24, 2.45) is 0 Å². The first-order valence-corrected chi connectivity index (χ1v) is 7.46. The molecule has 1 N–H and O–H groups in total. The Hall–Kier alpha value is -0.200. The van der Waals surface area contributed by atoms with Crippen LogP contribution < -0.4 is 5.32 Å². The van der Waals surface area contributed by atoms with Crippen molar-refractivity contribution in [3.8, 4) is 0 Å². The predicted molar refractivity (Wildman–Crippen MR) is 71.7 cm³/mol. The lowest BCUT2D eigenvalue weighted by molar-refractivity contribution is -0.0327. The third-order valence-corrected chi connectivity index (χ3v) is 4.17. The molecule has 0 fully saturated rings. The monoisotopic (exact) mass is 339 g/mol. The number of alkyl halides is 3. The summed E-state index contributed by atoms with van der Waals surface area (Å²) in [5.41, 5.74) is -1.62. The van der Waals surface area contributed by atoms with Gasteiger partial charge in [0.05, 0.1) is 0 Å². The van der Waals surface area contributed by atoms with Gasteiger partial charge in [0.15, 0.2) is 0 Å². The van der Waals surface area contributed by atoms with E-state index in [1.165, 1.54) is 11.1 Å². The van der Waals surface area contributed by atoms with Crippen LogP contribution in [0.4, 0.5) is 13.2 Å². The van der Waals surface area contributed by atoms with Crippen molar-refractivity contribution >= 4 is 27.7 Å². The van der Waals surface area contributed by atoms with Gasteiger partial charge in [0.1, 0.15) is 0 Å². The lowest BCUT2D eigenvalue weighted by Gasteiger charge is -2.14. The van der Waals surface area contributed by atoms with Crippen molar-refractivity contribution in [3.63, 3.8) is 0 Å². The molecular weight excluding hydrogens is 327 g/mol. The first kappa shape index (κ1) is 14.2. The number of rotatable bonds is 4. The molecule has 1 atom stereocenters. The highest BCUT2D eigenvalue weighted by atomic mass is 79.9. The zero-order valence-electron chi connectivity index (χ0n) is 9.56. The average Bonchev–Trinajstić information content (AvgIpc) is 2.65. The number of halogens is 4. The molecule has 1 aromatic carbocycles. The van der Waals surface area contributed by atoms with Crippen LogP contribution in [0.15, 0.2) is 22.7 Å². The van der Waals surface area contributed by atoms with Gasteiger partial charge in [-0.3, -0.25) is 0 Å². The third kappa shape index (κ3) is 3.90. The first-order chi connectivity index (χ1) is 8.46. The van der Waals surface area contributed by atoms with Crippen LogP contribution in [-0.4, -0.2) is 17.8 Å². The van der Waals surface area contributed by atoms with Crippen molar-refractivity contribution in [2.45, 2.75) is 24.4 Å². The molecule has 0 amide bonds. The van der Waals surface area contributed by atoms with Crippen molar-refractivity contribution in [3.05, 3.63) is 33.8 Å². The van der Waals surface area contributed by atoms with Gasteiger partial charge in [0.2, 0.25) is 0 Å². The standard InChI is InChI=1S/C12H13BrF3NS/c13-9-2-3-10-8(7-9)1-4-11(10)17-5-6-18-12(14,15)16/h2-3,7,11,17H,1,4-6H2. The highest BCUT2D eigenvalue weighted by Crippen LogP contribution is 2.33. The number of nitrogens with one attached hydrogen (secondary N) is 1. The van der Waals surface area contributed by atoms with E-state index in [9.17, 15) is 13.2 Å². The van der Waals surface area contributed by atoms with E-state index in [4.69, 9.17) is 0 Å². The summed E-state index contributed by atoms with van der Waals surface area (Å²) in [6, 6.07) is 6.30. The molecule has 0 aromatic heterocycles. The second-order valence-corrected chi connectivity index (χ2v) is 6.26. The van der Waals surface area contributed by atoms with E-state index in [0.29, 0.717) is 6.54 Å². The highest BCUT2D eigenvalue weighted by Gasteiger charge is 2.28. The van der Waals surface area contributed by atoms with Crippen molar-refractivity contribution < 1.29 is 13.2 Å². The fraction of sp³-hybridized carbons (Fsp3) is 0.500. The first-order valence-electron chi connectivity index (χ1n) is 5.68. The molecule has 0 saturated heterocycles. The van der Waals surface area contributed by atoms with Crippen LogP contribution >= 0.6 is 27.7 Å². The lowest BCUT2D eigenvalue weighted by Crippen LogP contribution is -2.23. The molecule has 0 bridgehead atoms. The normalized spacial score (nSPS) is 19.0. The maximum Gasteiger partial charge on any atom is 0.441 e. The molecule has 18 heavy (non-hydrogen) atoms. The van der Waals surface area contributed by atoms with Gasteiger partial charge in [-0.1, -0.05) is 22.0 Å². The fourth-order valence-electron chi connectivity index (χ4n) is 2.20. The Morgan fingerprint density at radius 3 is 2.89 bits per heavy atom. The largest absolute Gasteiger partial charge is 0.441 e. The van der Waals surface area contributed by atoms with Gasteiger partial charge in [-0.05, 0) is 47.9 Å². The summed E-state index contributed by atoms with van der Waals surface area (Å²) in [5.74, 6) is 0.0614. The van der Waals surface area contributed by atoms with Gasteiger partial charge >= 0.3 is 5.51 Å². The number of thioether (sulfide) groups is 1. The third-order valence-electron chi connectivity index (χ3n) is 2.94. The topological polar surface area (TPSA) is 12.0 Å². The van der Waals surface area contributed by atoms with Gasteiger partial charge in [-0.15, -0.1) is 0 Å². The van der Waals surface area contributed by atoms with Crippen molar-refractivity contribution in [1.29, 1.82) is 0 Å². The lowest BCUT2D eigenvalue weighted by atomic mass is 10.1. The Morgan fingerprint density at radius 2 is 2.17 bits per heavy atom. The minimum atomic E-state index is -4.12. The predicted octanol–water partition coefficient (Wildman–Crippen LogP) is 4.28. The van der Waals surface area contributed by atoms with Gasteiger partial charge in [0.25, 0.3) is 0 Å². The number of hydrogen-bond donors (Lipinski definition) is 1. The van der Waals surface area contributed by atoms with E-state index in [2.05, 4.69) is 27.3 Å². The zero-order chi connectivity index (χ0) is 13.2. The van der Waals surface area contributed by atoms with E-state index in [-0.39, 0.29) is 23.6 Å². The molecule has 1 aromatic rings. The maximum absolute atomic E-state index is 12.0. The van der Waals surface area contributed by atoms with E-state index in [0.717, 1.165) is 17.3 Å². The van der Waals surface area contributed by atoms with Gasteiger partial charge in [0, 0.05) is 22.8 Å². The Balaban J connectivity index is 1.83. The Bertz CT molecular complexity index is 422. The Morgan fingerprint density at radius 1 is 1.39 bits per heavy atom. The molecule has 1 aliphatic rings. The van der Waals surface area contributed by atoms with Crippen LogP contribution in [0.25, 0.3) is 0 Å². The molecule has 0 saturated carbocycles. The molecule has 1 nitrogen and oxygen atoms in total. The molecule has 1 unspecified atom stereocenters. The summed E-state index contributed by atoms with van der Waals surface area (Å²) in [6.07, 6.45) is 1.95. The summed E-state index contributed by atoms with van der Waals surface area (Å²) in [6.45, 7) is 0.379. The van der Waals surface area contributed by atoms with E-state index < -0.39 is 5.51 Å². The summed E-state index contributed by atoms with van der Waals surface area (Å²) in [5, 5.41) is 3.19. The van der Waals surface area contributed by atoms with Crippen LogP contribution in [0.5, 0.6) is 0 Å². The molecule has 2 rings (SSSR count). The van der Waals surface area contributed by atoms with Crippen LogP contribution in [0.3, 0.4) is 0 Å². The number of benzene rings is 1. The zero-order valence-corrected chi connectivity index (χ0v) is 12.0. The number of hydrogen-bond acceptors (Lipinski definition) is 2. The molecule has 0 aliphatic heterocycles. The molecule has 0 radical (unpaired) electrons. The van der Waals surface area contributed by atoms with E-state index in [1.54, 1.807) is 0 Å². The summed E-state index contributed by atoms with van der Waals surface area (Å²) in [7, 11) is 0. The Labute approximate surface area is 117 Å². The SMILES string of the molecule is FC(F)(F)SCCNC1CCc2cc(Br)ccc21. The van der Waals surface area contributed by atoms with E-state index >= 15 is 0 Å². The molecule has 100 valence electrons. The van der Waals surface area contributed by atoms with Crippen LogP contribution in [0.2, 0.25) is 0 Å². The molecule has 0 spiro atoms. The number of fused-ring (bicyclic) bond motifs is 1. The molecule has 1 aliphatic carbocycles. The van der Waals surface area contributed by atoms with Gasteiger partial charge in [-0.25, -0.2) is 0 Å². The average molecular weight is 340 g/mol. The van der Waals surface area contributed by atoms with Crippen LogP contribution in [0, 0.1) is 0 Å². The fourth-order valence-corrected chi connectivity index (χ4v) is 3.06. The highest BCUT2D eigenvalue weighted by molar-refractivity contribution is 9.10. The maximum atomic E-state index is 12.0. The molecule has 0 heterocycles. The van der Waals surface area contributed by atoms with Crippen LogP contribution in [0.1, 0.15) is 23.6 Å². The smallest absolute Gasteiger partial charge is 0.309 e. The van der Waals surface area contributed by atoms with Gasteiger partial charge < -0.3 is 5.32 Å². The Kier molecular flexibility index (Phi) is 4.61. The minimum absolute atomic E-state index is 0.0307. The van der Waals surface area contributed by atoms with Gasteiger partial charge in [-0.2, -0.15) is 13.2 Å². The van der Waals surface area contributed by atoms with Crippen molar-refractivity contribution in [2.75, 3.05) is 12.3 Å². The minimum Gasteiger partial charge on any atom is -0.309 e. The molecule has 6 heteroatoms.